The zero-order chi connectivity index (χ0) is 27.2. The normalized spacial score (nSPS) is 14.1. The third-order valence-electron chi connectivity index (χ3n) is 5.29. The number of rotatable bonds is 9. The van der Waals surface area contributed by atoms with E-state index in [1.54, 1.807) is 55.7 Å². The Labute approximate surface area is 243 Å². The summed E-state index contributed by atoms with van der Waals surface area (Å²) in [6.45, 7) is 2.62. The second-order valence-electron chi connectivity index (χ2n) is 7.86. The maximum atomic E-state index is 13.1. The van der Waals surface area contributed by atoms with E-state index in [0.717, 1.165) is 22.3 Å². The summed E-state index contributed by atoms with van der Waals surface area (Å²) in [6, 6.07) is 17.5. The van der Waals surface area contributed by atoms with E-state index in [1.807, 2.05) is 25.1 Å². The summed E-state index contributed by atoms with van der Waals surface area (Å²) in [6.07, 6.45) is 1.69. The van der Waals surface area contributed by atoms with E-state index in [2.05, 4.69) is 21.4 Å². The van der Waals surface area contributed by atoms with E-state index in [1.165, 1.54) is 0 Å². The van der Waals surface area contributed by atoms with Crippen molar-refractivity contribution in [2.45, 2.75) is 13.5 Å². The zero-order valence-corrected chi connectivity index (χ0v) is 24.3. The maximum absolute atomic E-state index is 13.1. The number of amides is 2. The van der Waals surface area contributed by atoms with Gasteiger partial charge in [-0.3, -0.25) is 15.0 Å². The Morgan fingerprint density at radius 2 is 1.84 bits per heavy atom. The number of halogens is 2. The number of thioether (sulfide) groups is 1. The Morgan fingerprint density at radius 3 is 2.50 bits per heavy atom. The summed E-state index contributed by atoms with van der Waals surface area (Å²) < 4.78 is 17.8. The summed E-state index contributed by atoms with van der Waals surface area (Å²) in [5, 5.41) is 1.72. The van der Waals surface area contributed by atoms with Gasteiger partial charge in [0, 0.05) is 10.6 Å². The van der Waals surface area contributed by atoms with Crippen molar-refractivity contribution in [1.29, 1.82) is 0 Å². The number of carbonyl (C=O) groups excluding carboxylic acids is 2. The lowest BCUT2D eigenvalue weighted by molar-refractivity contribution is -0.123. The van der Waals surface area contributed by atoms with Gasteiger partial charge in [0.05, 0.1) is 23.1 Å². The van der Waals surface area contributed by atoms with Gasteiger partial charge in [-0.2, -0.15) is 5.01 Å². The van der Waals surface area contributed by atoms with E-state index >= 15 is 0 Å². The molecule has 0 bridgehead atoms. The maximum Gasteiger partial charge on any atom is 0.285 e. The lowest BCUT2D eigenvalue weighted by Gasteiger charge is -2.16. The molecule has 0 aromatic heterocycles. The molecule has 1 aliphatic heterocycles. The molecule has 0 saturated carbocycles. The Kier molecular flexibility index (Phi) is 9.32. The van der Waals surface area contributed by atoms with E-state index in [9.17, 15) is 9.59 Å². The molecule has 38 heavy (non-hydrogen) atoms. The first-order chi connectivity index (χ1) is 18.3. The molecule has 11 heteroatoms. The molecule has 0 aliphatic carbocycles. The van der Waals surface area contributed by atoms with Crippen LogP contribution in [-0.4, -0.2) is 34.9 Å². The number of methoxy groups -OCH3 is 1. The first-order valence-electron chi connectivity index (χ1n) is 11.4. The molecule has 1 fully saturated rings. The van der Waals surface area contributed by atoms with Crippen LogP contribution in [0.15, 0.2) is 70.0 Å². The summed E-state index contributed by atoms with van der Waals surface area (Å²) in [5.41, 5.74) is 4.59. The van der Waals surface area contributed by atoms with Crippen molar-refractivity contribution in [2.75, 3.05) is 13.7 Å². The van der Waals surface area contributed by atoms with Gasteiger partial charge in [0.25, 0.3) is 11.8 Å². The van der Waals surface area contributed by atoms with Crippen LogP contribution in [0.25, 0.3) is 6.08 Å². The third kappa shape index (κ3) is 6.68. The predicted octanol–water partition coefficient (Wildman–Crippen LogP) is 6.64. The van der Waals surface area contributed by atoms with Gasteiger partial charge < -0.3 is 14.2 Å². The molecule has 0 spiro atoms. The first kappa shape index (κ1) is 28.0. The number of hydrazine groups is 1. The van der Waals surface area contributed by atoms with E-state index in [0.29, 0.717) is 56.0 Å². The fourth-order valence-corrected chi connectivity index (χ4v) is 5.31. The van der Waals surface area contributed by atoms with Crippen LogP contribution in [0.3, 0.4) is 0 Å². The molecule has 3 aromatic rings. The highest BCUT2D eigenvalue weighted by atomic mass is 79.9. The minimum Gasteiger partial charge on any atom is -0.497 e. The second-order valence-corrected chi connectivity index (χ2v) is 10.8. The fourth-order valence-electron chi connectivity index (χ4n) is 3.43. The van der Waals surface area contributed by atoms with E-state index in [-0.39, 0.29) is 4.32 Å². The van der Waals surface area contributed by atoms with Crippen molar-refractivity contribution in [1.82, 2.24) is 10.4 Å². The Hall–Kier alpha value is -3.05. The highest BCUT2D eigenvalue weighted by Gasteiger charge is 2.34. The standard InChI is InChI=1S/C27H22BrClN2O5S2/c1-3-35-22-13-17(12-21(28)24(22)36-15-16-4-8-19(29)9-5-16)14-23-26(33)31(27(37)38-23)30-25(32)18-6-10-20(34-2)11-7-18/h4-14H,3,15H2,1-2H3,(H,30,32)/b23-14+. The number of hydrogen-bond donors (Lipinski definition) is 1. The van der Waals surface area contributed by atoms with E-state index in [4.69, 9.17) is 38.0 Å². The molecule has 7 nitrogen and oxygen atoms in total. The van der Waals surface area contributed by atoms with Crippen LogP contribution in [0.4, 0.5) is 0 Å². The summed E-state index contributed by atoms with van der Waals surface area (Å²) in [5.74, 6) is 0.783. The predicted molar refractivity (Wildman–Crippen MR) is 157 cm³/mol. The highest BCUT2D eigenvalue weighted by molar-refractivity contribution is 9.10. The van der Waals surface area contributed by atoms with Gasteiger partial charge in [-0.1, -0.05) is 35.5 Å². The highest BCUT2D eigenvalue weighted by Crippen LogP contribution is 2.39. The number of nitrogens with one attached hydrogen (secondary N) is 1. The molecule has 3 aromatic carbocycles. The molecule has 4 rings (SSSR count). The molecule has 0 unspecified atom stereocenters. The SMILES string of the molecule is CCOc1cc(/C=C2/SC(=S)N(NC(=O)c3ccc(OC)cc3)C2=O)cc(Br)c1OCc1ccc(Cl)cc1. The summed E-state index contributed by atoms with van der Waals surface area (Å²) in [4.78, 5) is 26.1. The summed E-state index contributed by atoms with van der Waals surface area (Å²) >= 11 is 16.0. The van der Waals surface area contributed by atoms with Crippen LogP contribution in [-0.2, 0) is 11.4 Å². The van der Waals surface area contributed by atoms with E-state index < -0.39 is 11.8 Å². The minimum atomic E-state index is -0.464. The average molecular weight is 634 g/mol. The number of carbonyl (C=O) groups is 2. The fraction of sp³-hybridized carbons (Fsp3) is 0.148. The Morgan fingerprint density at radius 1 is 1.13 bits per heavy atom. The van der Waals surface area contributed by atoms with Crippen LogP contribution in [0.2, 0.25) is 5.02 Å². The van der Waals surface area contributed by atoms with Gasteiger partial charge in [-0.05, 0) is 101 Å². The van der Waals surface area contributed by atoms with Crippen LogP contribution in [0, 0.1) is 0 Å². The number of benzene rings is 3. The second kappa shape index (κ2) is 12.7. The molecule has 0 atom stereocenters. The molecular weight excluding hydrogens is 612 g/mol. The zero-order valence-electron chi connectivity index (χ0n) is 20.3. The molecule has 2 amide bonds. The largest absolute Gasteiger partial charge is 0.497 e. The molecule has 1 N–H and O–H groups in total. The lowest BCUT2D eigenvalue weighted by Crippen LogP contribution is -2.44. The molecule has 1 saturated heterocycles. The molecule has 0 radical (unpaired) electrons. The number of ether oxygens (including phenoxy) is 3. The van der Waals surface area contributed by atoms with Gasteiger partial charge >= 0.3 is 0 Å². The topological polar surface area (TPSA) is 77.1 Å². The molecular formula is C27H22BrClN2O5S2. The number of hydrogen-bond acceptors (Lipinski definition) is 7. The monoisotopic (exact) mass is 632 g/mol. The van der Waals surface area contributed by atoms with Crippen molar-refractivity contribution in [3.63, 3.8) is 0 Å². The van der Waals surface area contributed by atoms with Gasteiger partial charge in [0.15, 0.2) is 15.8 Å². The van der Waals surface area contributed by atoms with Crippen LogP contribution in [0.5, 0.6) is 17.2 Å². The smallest absolute Gasteiger partial charge is 0.285 e. The van der Waals surface area contributed by atoms with Crippen LogP contribution >= 0.6 is 51.5 Å². The molecule has 196 valence electrons. The summed E-state index contributed by atoms with van der Waals surface area (Å²) in [7, 11) is 1.54. The first-order valence-corrected chi connectivity index (χ1v) is 13.7. The number of thiocarbonyl (C=S) groups is 1. The Balaban J connectivity index is 1.51. The lowest BCUT2D eigenvalue weighted by atomic mass is 10.1. The molecule has 1 aliphatic rings. The van der Waals surface area contributed by atoms with Crippen molar-refractivity contribution >= 4 is 73.7 Å². The third-order valence-corrected chi connectivity index (χ3v) is 7.43. The molecule has 1 heterocycles. The van der Waals surface area contributed by atoms with Gasteiger partial charge in [0.2, 0.25) is 0 Å². The number of nitrogens with zero attached hydrogens (tertiary/aromatic N) is 1. The average Bonchev–Trinajstić information content (AvgIpc) is 3.16. The van der Waals surface area contributed by atoms with Gasteiger partial charge in [0.1, 0.15) is 12.4 Å². The van der Waals surface area contributed by atoms with Crippen molar-refractivity contribution in [3.05, 3.63) is 91.8 Å². The van der Waals surface area contributed by atoms with Crippen molar-refractivity contribution < 1.29 is 23.8 Å². The van der Waals surface area contributed by atoms with Crippen molar-refractivity contribution in [2.24, 2.45) is 0 Å². The van der Waals surface area contributed by atoms with Crippen LogP contribution in [0.1, 0.15) is 28.4 Å². The Bertz CT molecular complexity index is 1400. The van der Waals surface area contributed by atoms with Gasteiger partial charge in [-0.25, -0.2) is 0 Å². The van der Waals surface area contributed by atoms with Crippen LogP contribution < -0.4 is 19.6 Å². The van der Waals surface area contributed by atoms with Crippen molar-refractivity contribution in [3.8, 4) is 17.2 Å². The van der Waals surface area contributed by atoms with Gasteiger partial charge in [-0.15, -0.1) is 0 Å². The quantitative estimate of drug-likeness (QED) is 0.209. The minimum absolute atomic E-state index is 0.218.